The molecule has 1 amide bonds. The third-order valence-electron chi connectivity index (χ3n) is 4.53. The summed E-state index contributed by atoms with van der Waals surface area (Å²) in [6.07, 6.45) is 1.59. The summed E-state index contributed by atoms with van der Waals surface area (Å²) < 4.78 is 5.24. The number of amides is 1. The van der Waals surface area contributed by atoms with Crippen molar-refractivity contribution in [3.63, 3.8) is 0 Å². The number of aliphatic imine (C=N–C) groups is 1. The van der Waals surface area contributed by atoms with Crippen LogP contribution in [0.1, 0.15) is 40.2 Å². The lowest BCUT2D eigenvalue weighted by Gasteiger charge is -2.18. The van der Waals surface area contributed by atoms with Gasteiger partial charge in [-0.05, 0) is 42.3 Å². The van der Waals surface area contributed by atoms with Crippen LogP contribution in [0, 0.1) is 0 Å². The summed E-state index contributed by atoms with van der Waals surface area (Å²) in [6.45, 7) is 3.01. The average Bonchev–Trinajstić information content (AvgIpc) is 3.29. The van der Waals surface area contributed by atoms with Crippen LogP contribution in [0.5, 0.6) is 0 Å². The average molecular weight is 518 g/mol. The van der Waals surface area contributed by atoms with Gasteiger partial charge in [0, 0.05) is 19.2 Å². The molecule has 3 N–H and O–H groups in total. The maximum atomic E-state index is 12.4. The molecule has 0 saturated carbocycles. The van der Waals surface area contributed by atoms with Gasteiger partial charge in [-0.15, -0.1) is 24.0 Å². The fourth-order valence-electron chi connectivity index (χ4n) is 2.92. The number of benzene rings is 2. The number of carbonyl (C=O) groups is 1. The molecule has 0 radical (unpaired) electrons. The van der Waals surface area contributed by atoms with E-state index >= 15 is 0 Å². The first-order chi connectivity index (χ1) is 14.2. The molecule has 0 aliphatic heterocycles. The molecule has 0 fully saturated rings. The van der Waals surface area contributed by atoms with Crippen LogP contribution in [-0.2, 0) is 13.1 Å². The van der Waals surface area contributed by atoms with E-state index in [1.807, 2.05) is 42.5 Å². The number of nitrogens with one attached hydrogen (secondary N) is 3. The van der Waals surface area contributed by atoms with Crippen molar-refractivity contribution in [2.24, 2.45) is 4.99 Å². The highest BCUT2D eigenvalue weighted by atomic mass is 127. The number of nitrogens with zero attached hydrogens (tertiary/aromatic N) is 1. The minimum absolute atomic E-state index is 0. The van der Waals surface area contributed by atoms with Gasteiger partial charge in [0.25, 0.3) is 5.91 Å². The minimum Gasteiger partial charge on any atom is -0.467 e. The van der Waals surface area contributed by atoms with Gasteiger partial charge in [-0.25, -0.2) is 0 Å². The lowest BCUT2D eigenvalue weighted by Crippen LogP contribution is -2.38. The summed E-state index contributed by atoms with van der Waals surface area (Å²) >= 11 is 0. The van der Waals surface area contributed by atoms with E-state index in [0.717, 1.165) is 11.3 Å². The summed E-state index contributed by atoms with van der Waals surface area (Å²) in [5.41, 5.74) is 2.79. The predicted octanol–water partition coefficient (Wildman–Crippen LogP) is 4.25. The quantitative estimate of drug-likeness (QED) is 0.248. The topological polar surface area (TPSA) is 78.7 Å². The molecule has 0 saturated heterocycles. The summed E-state index contributed by atoms with van der Waals surface area (Å²) in [5.74, 6) is 1.29. The smallest absolute Gasteiger partial charge is 0.251 e. The second-order valence-corrected chi connectivity index (χ2v) is 6.66. The number of carbonyl (C=O) groups excluding carboxylic acids is 1. The molecule has 1 unspecified atom stereocenters. The Labute approximate surface area is 194 Å². The molecule has 0 spiro atoms. The minimum atomic E-state index is -0.136. The van der Waals surface area contributed by atoms with Gasteiger partial charge in [0.05, 0.1) is 18.8 Å². The van der Waals surface area contributed by atoms with E-state index in [-0.39, 0.29) is 35.9 Å². The van der Waals surface area contributed by atoms with Crippen LogP contribution < -0.4 is 16.0 Å². The molecule has 30 heavy (non-hydrogen) atoms. The monoisotopic (exact) mass is 518 g/mol. The van der Waals surface area contributed by atoms with Crippen molar-refractivity contribution in [1.82, 2.24) is 16.0 Å². The van der Waals surface area contributed by atoms with Crippen molar-refractivity contribution in [2.75, 3.05) is 7.05 Å². The number of guanidine groups is 1. The highest BCUT2D eigenvalue weighted by Crippen LogP contribution is 2.11. The number of rotatable bonds is 7. The van der Waals surface area contributed by atoms with Gasteiger partial charge in [-0.1, -0.05) is 42.5 Å². The van der Waals surface area contributed by atoms with Crippen molar-refractivity contribution < 1.29 is 9.21 Å². The van der Waals surface area contributed by atoms with E-state index in [1.54, 1.807) is 25.4 Å². The molecule has 158 valence electrons. The van der Waals surface area contributed by atoms with E-state index in [9.17, 15) is 4.79 Å². The second-order valence-electron chi connectivity index (χ2n) is 6.66. The Morgan fingerprint density at radius 3 is 2.50 bits per heavy atom. The number of halogens is 1. The normalized spacial score (nSPS) is 11.9. The highest BCUT2D eigenvalue weighted by molar-refractivity contribution is 14.0. The van der Waals surface area contributed by atoms with Gasteiger partial charge in [-0.2, -0.15) is 0 Å². The molecule has 1 atom stereocenters. The third kappa shape index (κ3) is 6.91. The first-order valence-corrected chi connectivity index (χ1v) is 9.57. The van der Waals surface area contributed by atoms with Crippen LogP contribution in [-0.4, -0.2) is 18.9 Å². The van der Waals surface area contributed by atoms with Crippen LogP contribution in [0.4, 0.5) is 0 Å². The zero-order valence-electron chi connectivity index (χ0n) is 17.1. The molecule has 1 aromatic heterocycles. The van der Waals surface area contributed by atoms with Gasteiger partial charge in [0.1, 0.15) is 5.76 Å². The van der Waals surface area contributed by atoms with Crippen molar-refractivity contribution in [2.45, 2.75) is 26.1 Å². The predicted molar refractivity (Wildman–Crippen MR) is 130 cm³/mol. The summed E-state index contributed by atoms with van der Waals surface area (Å²) in [5, 5.41) is 9.53. The zero-order chi connectivity index (χ0) is 20.5. The zero-order valence-corrected chi connectivity index (χ0v) is 19.4. The Hall–Kier alpha value is -2.81. The van der Waals surface area contributed by atoms with Crippen LogP contribution in [0.3, 0.4) is 0 Å². The fraction of sp³-hybridized carbons (Fsp3) is 0.217. The molecular weight excluding hydrogens is 491 g/mol. The maximum Gasteiger partial charge on any atom is 0.251 e. The molecule has 1 heterocycles. The lowest BCUT2D eigenvalue weighted by molar-refractivity contribution is 0.0948. The van der Waals surface area contributed by atoms with Crippen LogP contribution in [0.2, 0.25) is 0 Å². The summed E-state index contributed by atoms with van der Waals surface area (Å²) in [6, 6.07) is 21.5. The molecule has 0 aliphatic carbocycles. The SMILES string of the molecule is CN=C(NCc1cccc(C(=O)NCc2ccco2)c1)NC(C)c1ccccc1.I. The molecule has 2 aromatic carbocycles. The second kappa shape index (κ2) is 12.0. The number of furan rings is 1. The van der Waals surface area contributed by atoms with E-state index < -0.39 is 0 Å². The van der Waals surface area contributed by atoms with Gasteiger partial charge in [0.15, 0.2) is 5.96 Å². The molecule has 0 aliphatic rings. The lowest BCUT2D eigenvalue weighted by atomic mass is 10.1. The molecular formula is C23H27IN4O2. The summed E-state index contributed by atoms with van der Waals surface area (Å²) in [7, 11) is 1.74. The van der Waals surface area contributed by atoms with Gasteiger partial charge < -0.3 is 20.4 Å². The standard InChI is InChI=1S/C23H26N4O2.HI/c1-17(19-9-4-3-5-10-19)27-23(24-2)26-15-18-8-6-11-20(14-18)22(28)25-16-21-12-7-13-29-21;/h3-14,17H,15-16H2,1-2H3,(H,25,28)(H2,24,26,27);1H. The number of hydrogen-bond acceptors (Lipinski definition) is 3. The van der Waals surface area contributed by atoms with Crippen LogP contribution >= 0.6 is 24.0 Å². The van der Waals surface area contributed by atoms with Gasteiger partial charge >= 0.3 is 0 Å². The first kappa shape index (κ1) is 23.5. The maximum absolute atomic E-state index is 12.4. The van der Waals surface area contributed by atoms with E-state index in [4.69, 9.17) is 4.42 Å². The molecule has 0 bridgehead atoms. The Balaban J connectivity index is 0.00000320. The van der Waals surface area contributed by atoms with Gasteiger partial charge in [0.2, 0.25) is 0 Å². The van der Waals surface area contributed by atoms with Crippen molar-refractivity contribution in [1.29, 1.82) is 0 Å². The molecule has 3 rings (SSSR count). The van der Waals surface area contributed by atoms with Gasteiger partial charge in [-0.3, -0.25) is 9.79 Å². The molecule has 7 heteroatoms. The van der Waals surface area contributed by atoms with Crippen LogP contribution in [0.15, 0.2) is 82.4 Å². The largest absolute Gasteiger partial charge is 0.467 e. The third-order valence-corrected chi connectivity index (χ3v) is 4.53. The van der Waals surface area contributed by atoms with E-state index in [2.05, 4.69) is 40.0 Å². The Bertz CT molecular complexity index is 943. The Kier molecular flexibility index (Phi) is 9.40. The Morgan fingerprint density at radius 1 is 1.00 bits per heavy atom. The fourth-order valence-corrected chi connectivity index (χ4v) is 2.92. The first-order valence-electron chi connectivity index (χ1n) is 9.57. The van der Waals surface area contributed by atoms with Crippen molar-refractivity contribution in [3.05, 3.63) is 95.4 Å². The number of hydrogen-bond donors (Lipinski definition) is 3. The van der Waals surface area contributed by atoms with E-state index in [0.29, 0.717) is 24.6 Å². The van der Waals surface area contributed by atoms with Crippen LogP contribution in [0.25, 0.3) is 0 Å². The Morgan fingerprint density at radius 2 is 1.80 bits per heavy atom. The van der Waals surface area contributed by atoms with E-state index in [1.165, 1.54) is 5.56 Å². The molecule has 6 nitrogen and oxygen atoms in total. The molecule has 3 aromatic rings. The summed E-state index contributed by atoms with van der Waals surface area (Å²) in [4.78, 5) is 16.7. The van der Waals surface area contributed by atoms with Crippen molar-refractivity contribution >= 4 is 35.8 Å². The highest BCUT2D eigenvalue weighted by Gasteiger charge is 2.09. The van der Waals surface area contributed by atoms with Crippen molar-refractivity contribution in [3.8, 4) is 0 Å².